The smallest absolute Gasteiger partial charge is 0.217 e. The number of hydrogen-bond donors (Lipinski definition) is 1. The quantitative estimate of drug-likeness (QED) is 0.369. The first-order valence-corrected chi connectivity index (χ1v) is 11.3. The molecule has 0 atom stereocenters. The van der Waals surface area contributed by atoms with Crippen LogP contribution in [0.4, 0.5) is 11.6 Å². The van der Waals surface area contributed by atoms with Crippen LogP contribution in [0.1, 0.15) is 12.0 Å². The predicted octanol–water partition coefficient (Wildman–Crippen LogP) is 4.94. The topological polar surface area (TPSA) is 97.9 Å². The second kappa shape index (κ2) is 9.69. The lowest BCUT2D eigenvalue weighted by molar-refractivity contribution is -0.117. The molecule has 35 heavy (non-hydrogen) atoms. The molecular formula is C28H24N6O. The van der Waals surface area contributed by atoms with Crippen LogP contribution in [0.15, 0.2) is 91.4 Å². The van der Waals surface area contributed by atoms with E-state index in [1.54, 1.807) is 18.6 Å². The number of nitrogens with two attached hydrogens (primary N) is 1. The molecule has 3 heterocycles. The maximum Gasteiger partial charge on any atom is 0.217 e. The minimum atomic E-state index is -0.343. The average molecular weight is 461 g/mol. The van der Waals surface area contributed by atoms with Crippen LogP contribution in [0.2, 0.25) is 0 Å². The van der Waals surface area contributed by atoms with E-state index < -0.39 is 0 Å². The molecule has 0 fully saturated rings. The van der Waals surface area contributed by atoms with Gasteiger partial charge in [0.05, 0.1) is 10.9 Å². The summed E-state index contributed by atoms with van der Waals surface area (Å²) in [6.07, 6.45) is 6.02. The third-order valence-electron chi connectivity index (χ3n) is 5.81. The largest absolute Gasteiger partial charge is 0.370 e. The van der Waals surface area contributed by atoms with Gasteiger partial charge in [0, 0.05) is 37.6 Å². The minimum Gasteiger partial charge on any atom is -0.370 e. The summed E-state index contributed by atoms with van der Waals surface area (Å²) in [6, 6.07) is 24.0. The van der Waals surface area contributed by atoms with Crippen molar-refractivity contribution in [1.82, 2.24) is 19.9 Å². The standard InChI is InChI=1S/C28H24N6O/c1-34(25-12-5-6-15-31-25)28-26-22(20-8-3-2-4-9-20)10-7-11-23(26)32-27(33-28)21-16-19(17-30-18-21)13-14-24(29)35/h2-12,15-18H,13-14H2,1H3,(H2,29,35). The number of carbonyl (C=O) groups is 1. The zero-order valence-corrected chi connectivity index (χ0v) is 19.3. The highest BCUT2D eigenvalue weighted by Gasteiger charge is 2.18. The van der Waals surface area contributed by atoms with Crippen molar-refractivity contribution in [3.05, 3.63) is 97.0 Å². The minimum absolute atomic E-state index is 0.262. The Morgan fingerprint density at radius 3 is 2.51 bits per heavy atom. The van der Waals surface area contributed by atoms with E-state index in [1.165, 1.54) is 0 Å². The molecule has 2 aromatic carbocycles. The Morgan fingerprint density at radius 2 is 1.74 bits per heavy atom. The van der Waals surface area contributed by atoms with Crippen LogP contribution in [0.25, 0.3) is 33.4 Å². The number of carbonyl (C=O) groups excluding carboxylic acids is 1. The van der Waals surface area contributed by atoms with E-state index in [4.69, 9.17) is 15.7 Å². The number of anilines is 2. The van der Waals surface area contributed by atoms with Crippen molar-refractivity contribution in [2.75, 3.05) is 11.9 Å². The van der Waals surface area contributed by atoms with Crippen LogP contribution in [-0.2, 0) is 11.2 Å². The van der Waals surface area contributed by atoms with E-state index in [0.717, 1.165) is 44.8 Å². The summed E-state index contributed by atoms with van der Waals surface area (Å²) in [6.45, 7) is 0. The second-order valence-corrected chi connectivity index (χ2v) is 8.23. The molecular weight excluding hydrogens is 436 g/mol. The van der Waals surface area contributed by atoms with Crippen LogP contribution in [0.5, 0.6) is 0 Å². The number of fused-ring (bicyclic) bond motifs is 1. The number of nitrogens with zero attached hydrogens (tertiary/aromatic N) is 5. The van der Waals surface area contributed by atoms with E-state index in [-0.39, 0.29) is 12.3 Å². The Hall–Kier alpha value is -4.65. The van der Waals surface area contributed by atoms with Crippen molar-refractivity contribution >= 4 is 28.4 Å². The molecule has 0 spiro atoms. The first-order chi connectivity index (χ1) is 17.1. The summed E-state index contributed by atoms with van der Waals surface area (Å²) in [5.41, 5.74) is 9.95. The number of rotatable bonds is 7. The summed E-state index contributed by atoms with van der Waals surface area (Å²) in [5.74, 6) is 1.72. The fourth-order valence-corrected chi connectivity index (χ4v) is 4.07. The van der Waals surface area contributed by atoms with Crippen molar-refractivity contribution in [3.63, 3.8) is 0 Å². The van der Waals surface area contributed by atoms with E-state index in [2.05, 4.69) is 28.2 Å². The third-order valence-corrected chi connectivity index (χ3v) is 5.81. The number of aryl methyl sites for hydroxylation is 1. The van der Waals surface area contributed by atoms with Gasteiger partial charge in [-0.1, -0.05) is 48.5 Å². The first-order valence-electron chi connectivity index (χ1n) is 11.3. The zero-order valence-electron chi connectivity index (χ0n) is 19.3. The molecule has 172 valence electrons. The second-order valence-electron chi connectivity index (χ2n) is 8.23. The Balaban J connectivity index is 1.71. The van der Waals surface area contributed by atoms with Crippen LogP contribution >= 0.6 is 0 Å². The van der Waals surface area contributed by atoms with Crippen LogP contribution in [-0.4, -0.2) is 32.9 Å². The highest BCUT2D eigenvalue weighted by atomic mass is 16.1. The molecule has 2 N–H and O–H groups in total. The lowest BCUT2D eigenvalue weighted by atomic mass is 10.0. The van der Waals surface area contributed by atoms with Crippen LogP contribution < -0.4 is 10.6 Å². The highest BCUT2D eigenvalue weighted by Crippen LogP contribution is 2.37. The van der Waals surface area contributed by atoms with Gasteiger partial charge >= 0.3 is 0 Å². The monoisotopic (exact) mass is 460 g/mol. The lowest BCUT2D eigenvalue weighted by Gasteiger charge is -2.21. The van der Waals surface area contributed by atoms with Crippen molar-refractivity contribution < 1.29 is 4.79 Å². The lowest BCUT2D eigenvalue weighted by Crippen LogP contribution is -2.14. The average Bonchev–Trinajstić information content (AvgIpc) is 2.91. The maximum absolute atomic E-state index is 11.2. The van der Waals surface area contributed by atoms with Gasteiger partial charge in [-0.2, -0.15) is 0 Å². The molecule has 0 saturated carbocycles. The summed E-state index contributed by atoms with van der Waals surface area (Å²) in [7, 11) is 1.96. The summed E-state index contributed by atoms with van der Waals surface area (Å²) in [5, 5.41) is 0.938. The van der Waals surface area contributed by atoms with Gasteiger partial charge in [0.1, 0.15) is 11.6 Å². The van der Waals surface area contributed by atoms with Gasteiger partial charge in [0.2, 0.25) is 5.91 Å². The molecule has 0 saturated heterocycles. The fraction of sp³-hybridized carbons (Fsp3) is 0.107. The number of aromatic nitrogens is 4. The van der Waals surface area contributed by atoms with E-state index in [1.807, 2.05) is 66.5 Å². The van der Waals surface area contributed by atoms with E-state index >= 15 is 0 Å². The van der Waals surface area contributed by atoms with Gasteiger partial charge < -0.3 is 10.6 Å². The Labute approximate surface area is 203 Å². The zero-order chi connectivity index (χ0) is 24.2. The highest BCUT2D eigenvalue weighted by molar-refractivity contribution is 6.03. The first kappa shape index (κ1) is 22.2. The van der Waals surface area contributed by atoms with Gasteiger partial charge in [-0.15, -0.1) is 0 Å². The van der Waals surface area contributed by atoms with E-state index in [0.29, 0.717) is 12.2 Å². The molecule has 7 heteroatoms. The molecule has 1 amide bonds. The van der Waals surface area contributed by atoms with Crippen molar-refractivity contribution in [2.45, 2.75) is 12.8 Å². The molecule has 0 aliphatic heterocycles. The Kier molecular flexibility index (Phi) is 6.13. The Bertz CT molecular complexity index is 1490. The molecule has 0 radical (unpaired) electrons. The SMILES string of the molecule is CN(c1ccccn1)c1nc(-c2cncc(CCC(N)=O)c2)nc2cccc(-c3ccccc3)c12. The van der Waals surface area contributed by atoms with Gasteiger partial charge in [0.25, 0.3) is 0 Å². The number of benzene rings is 2. The van der Waals surface area contributed by atoms with E-state index in [9.17, 15) is 4.79 Å². The molecule has 0 unspecified atom stereocenters. The number of pyridine rings is 2. The predicted molar refractivity (Wildman–Crippen MR) is 138 cm³/mol. The summed E-state index contributed by atoms with van der Waals surface area (Å²) >= 11 is 0. The van der Waals surface area contributed by atoms with Crippen molar-refractivity contribution in [3.8, 4) is 22.5 Å². The van der Waals surface area contributed by atoms with Crippen LogP contribution in [0, 0.1) is 0 Å². The molecule has 0 aliphatic rings. The molecule has 7 nitrogen and oxygen atoms in total. The molecule has 0 bridgehead atoms. The summed E-state index contributed by atoms with van der Waals surface area (Å²) < 4.78 is 0. The van der Waals surface area contributed by atoms with Crippen LogP contribution in [0.3, 0.4) is 0 Å². The number of primary amides is 1. The molecule has 5 rings (SSSR count). The fourth-order valence-electron chi connectivity index (χ4n) is 4.07. The maximum atomic E-state index is 11.2. The molecule has 5 aromatic rings. The van der Waals surface area contributed by atoms with Gasteiger partial charge in [-0.25, -0.2) is 15.0 Å². The van der Waals surface area contributed by atoms with Crippen molar-refractivity contribution in [1.29, 1.82) is 0 Å². The molecule has 0 aliphatic carbocycles. The van der Waals surface area contributed by atoms with Gasteiger partial charge in [0.15, 0.2) is 5.82 Å². The number of amides is 1. The normalized spacial score (nSPS) is 10.9. The number of hydrogen-bond acceptors (Lipinski definition) is 6. The third kappa shape index (κ3) is 4.70. The Morgan fingerprint density at radius 1 is 0.914 bits per heavy atom. The summed E-state index contributed by atoms with van der Waals surface area (Å²) in [4.78, 5) is 32.0. The van der Waals surface area contributed by atoms with Gasteiger partial charge in [-0.3, -0.25) is 9.78 Å². The van der Waals surface area contributed by atoms with Crippen molar-refractivity contribution in [2.24, 2.45) is 5.73 Å². The molecule has 3 aromatic heterocycles. The van der Waals surface area contributed by atoms with Gasteiger partial charge in [-0.05, 0) is 47.4 Å².